The first kappa shape index (κ1) is 19.2. The Morgan fingerprint density at radius 1 is 1.20 bits per heavy atom. The summed E-state index contributed by atoms with van der Waals surface area (Å²) in [4.78, 5) is 26.1. The maximum absolute atomic E-state index is 12.7. The van der Waals surface area contributed by atoms with E-state index in [4.69, 9.17) is 4.74 Å². The Labute approximate surface area is 144 Å². The SMILES string of the molecule is O=CCCCN1CCN(C(=O)OCc2cccc(C(F)(F)F)c2)CC1. The van der Waals surface area contributed by atoms with Gasteiger partial charge in [0, 0.05) is 32.6 Å². The summed E-state index contributed by atoms with van der Waals surface area (Å²) >= 11 is 0. The van der Waals surface area contributed by atoms with Crippen molar-refractivity contribution in [2.75, 3.05) is 32.7 Å². The summed E-state index contributed by atoms with van der Waals surface area (Å²) in [7, 11) is 0. The zero-order chi connectivity index (χ0) is 18.3. The van der Waals surface area contributed by atoms with Crippen LogP contribution in [0.4, 0.5) is 18.0 Å². The van der Waals surface area contributed by atoms with Crippen LogP contribution in [0.3, 0.4) is 0 Å². The molecule has 0 aliphatic carbocycles. The van der Waals surface area contributed by atoms with Crippen LogP contribution in [0.1, 0.15) is 24.0 Å². The number of alkyl halides is 3. The van der Waals surface area contributed by atoms with Crippen LogP contribution in [0.5, 0.6) is 0 Å². The molecule has 1 aromatic rings. The molecule has 1 heterocycles. The van der Waals surface area contributed by atoms with E-state index in [1.165, 1.54) is 12.1 Å². The van der Waals surface area contributed by atoms with Gasteiger partial charge in [0.2, 0.25) is 0 Å². The van der Waals surface area contributed by atoms with Gasteiger partial charge in [0.15, 0.2) is 0 Å². The molecule has 1 aliphatic rings. The molecule has 8 heteroatoms. The molecule has 0 unspecified atom stereocenters. The molecule has 0 spiro atoms. The Balaban J connectivity index is 1.77. The van der Waals surface area contributed by atoms with Crippen LogP contribution in [-0.4, -0.2) is 54.9 Å². The van der Waals surface area contributed by atoms with E-state index in [2.05, 4.69) is 4.90 Å². The van der Waals surface area contributed by atoms with E-state index in [9.17, 15) is 22.8 Å². The molecule has 138 valence electrons. The van der Waals surface area contributed by atoms with Crippen LogP contribution in [0.15, 0.2) is 24.3 Å². The zero-order valence-electron chi connectivity index (χ0n) is 13.8. The number of nitrogens with zero attached hydrogens (tertiary/aromatic N) is 2. The molecule has 1 amide bonds. The summed E-state index contributed by atoms with van der Waals surface area (Å²) in [5.74, 6) is 0. The molecular weight excluding hydrogens is 337 g/mol. The van der Waals surface area contributed by atoms with E-state index in [-0.39, 0.29) is 6.61 Å². The normalized spacial score (nSPS) is 15.9. The van der Waals surface area contributed by atoms with E-state index in [0.29, 0.717) is 38.2 Å². The number of ether oxygens (including phenoxy) is 1. The Morgan fingerprint density at radius 2 is 1.92 bits per heavy atom. The average molecular weight is 358 g/mol. The van der Waals surface area contributed by atoms with Crippen molar-refractivity contribution in [3.63, 3.8) is 0 Å². The van der Waals surface area contributed by atoms with E-state index < -0.39 is 17.8 Å². The van der Waals surface area contributed by atoms with Gasteiger partial charge >= 0.3 is 12.3 Å². The third-order valence-corrected chi connectivity index (χ3v) is 4.04. The molecular formula is C17H21F3N2O3. The lowest BCUT2D eigenvalue weighted by molar-refractivity contribution is -0.137. The van der Waals surface area contributed by atoms with E-state index in [1.54, 1.807) is 4.90 Å². The summed E-state index contributed by atoms with van der Waals surface area (Å²) < 4.78 is 43.1. The molecule has 0 atom stereocenters. The number of hydrogen-bond donors (Lipinski definition) is 0. The highest BCUT2D eigenvalue weighted by Crippen LogP contribution is 2.29. The third kappa shape index (κ3) is 6.04. The Kier molecular flexibility index (Phi) is 6.81. The minimum Gasteiger partial charge on any atom is -0.445 e. The highest BCUT2D eigenvalue weighted by Gasteiger charge is 2.30. The van der Waals surface area contributed by atoms with Crippen molar-refractivity contribution < 1.29 is 27.5 Å². The molecule has 0 aromatic heterocycles. The van der Waals surface area contributed by atoms with Crippen molar-refractivity contribution in [2.24, 2.45) is 0 Å². The molecule has 25 heavy (non-hydrogen) atoms. The number of aldehydes is 1. The monoisotopic (exact) mass is 358 g/mol. The number of benzene rings is 1. The van der Waals surface area contributed by atoms with Gasteiger partial charge in [-0.2, -0.15) is 13.2 Å². The number of halogens is 3. The van der Waals surface area contributed by atoms with Crippen LogP contribution >= 0.6 is 0 Å². The number of amides is 1. The van der Waals surface area contributed by atoms with Crippen molar-refractivity contribution in [3.05, 3.63) is 35.4 Å². The van der Waals surface area contributed by atoms with Crippen LogP contribution in [-0.2, 0) is 22.3 Å². The van der Waals surface area contributed by atoms with Gasteiger partial charge in [0.25, 0.3) is 0 Å². The van der Waals surface area contributed by atoms with Gasteiger partial charge < -0.3 is 14.4 Å². The van der Waals surface area contributed by atoms with Crippen molar-refractivity contribution in [3.8, 4) is 0 Å². The van der Waals surface area contributed by atoms with Crippen LogP contribution in [0.2, 0.25) is 0 Å². The van der Waals surface area contributed by atoms with E-state index >= 15 is 0 Å². The first-order chi connectivity index (χ1) is 11.9. The van der Waals surface area contributed by atoms with Crippen molar-refractivity contribution in [2.45, 2.75) is 25.6 Å². The minimum absolute atomic E-state index is 0.192. The van der Waals surface area contributed by atoms with E-state index in [0.717, 1.165) is 31.4 Å². The number of carbonyl (C=O) groups excluding carboxylic acids is 2. The third-order valence-electron chi connectivity index (χ3n) is 4.04. The second-order valence-corrected chi connectivity index (χ2v) is 5.89. The fourth-order valence-electron chi connectivity index (χ4n) is 2.63. The zero-order valence-corrected chi connectivity index (χ0v) is 13.8. The number of carbonyl (C=O) groups is 2. The van der Waals surface area contributed by atoms with Crippen LogP contribution in [0, 0.1) is 0 Å². The number of unbranched alkanes of at least 4 members (excludes halogenated alkanes) is 1. The Hall–Kier alpha value is -2.09. The molecule has 0 N–H and O–H groups in total. The predicted octanol–water partition coefficient (Wildman–Crippen LogP) is 2.94. The number of piperazine rings is 1. The van der Waals surface area contributed by atoms with Crippen molar-refractivity contribution in [1.29, 1.82) is 0 Å². The summed E-state index contributed by atoms with van der Waals surface area (Å²) in [6, 6.07) is 4.75. The van der Waals surface area contributed by atoms with Gasteiger partial charge in [-0.3, -0.25) is 4.90 Å². The van der Waals surface area contributed by atoms with Gasteiger partial charge in [-0.05, 0) is 30.7 Å². The molecule has 1 aromatic carbocycles. The van der Waals surface area contributed by atoms with Crippen LogP contribution < -0.4 is 0 Å². The largest absolute Gasteiger partial charge is 0.445 e. The lowest BCUT2D eigenvalue weighted by Crippen LogP contribution is -2.48. The van der Waals surface area contributed by atoms with Gasteiger partial charge in [0.1, 0.15) is 12.9 Å². The van der Waals surface area contributed by atoms with Gasteiger partial charge in [-0.25, -0.2) is 4.79 Å². The molecule has 0 bridgehead atoms. The lowest BCUT2D eigenvalue weighted by atomic mass is 10.1. The van der Waals surface area contributed by atoms with Crippen LogP contribution in [0.25, 0.3) is 0 Å². The summed E-state index contributed by atoms with van der Waals surface area (Å²) in [6.07, 6.45) is -2.73. The lowest BCUT2D eigenvalue weighted by Gasteiger charge is -2.33. The summed E-state index contributed by atoms with van der Waals surface area (Å²) in [6.45, 7) is 3.01. The standard InChI is InChI=1S/C17H21F3N2O3/c18-17(19,20)15-5-3-4-14(12-15)13-25-16(24)22-9-7-21(8-10-22)6-1-2-11-23/h3-5,11-12H,1-2,6-10,13H2. The topological polar surface area (TPSA) is 49.9 Å². The highest BCUT2D eigenvalue weighted by atomic mass is 19.4. The first-order valence-corrected chi connectivity index (χ1v) is 8.14. The second-order valence-electron chi connectivity index (χ2n) is 5.89. The quantitative estimate of drug-likeness (QED) is 0.580. The second kappa shape index (κ2) is 8.84. The molecule has 1 saturated heterocycles. The molecule has 0 radical (unpaired) electrons. The molecule has 0 saturated carbocycles. The Morgan fingerprint density at radius 3 is 2.56 bits per heavy atom. The molecule has 1 fully saturated rings. The minimum atomic E-state index is -4.42. The fourth-order valence-corrected chi connectivity index (χ4v) is 2.63. The van der Waals surface area contributed by atoms with Crippen molar-refractivity contribution >= 4 is 12.4 Å². The number of rotatable bonds is 6. The Bertz CT molecular complexity index is 585. The van der Waals surface area contributed by atoms with E-state index in [1.807, 2.05) is 0 Å². The number of hydrogen-bond acceptors (Lipinski definition) is 4. The van der Waals surface area contributed by atoms with Gasteiger partial charge in [0.05, 0.1) is 5.56 Å². The first-order valence-electron chi connectivity index (χ1n) is 8.14. The molecule has 2 rings (SSSR count). The van der Waals surface area contributed by atoms with Gasteiger partial charge in [-0.15, -0.1) is 0 Å². The average Bonchev–Trinajstić information content (AvgIpc) is 2.60. The predicted molar refractivity (Wildman–Crippen MR) is 84.9 cm³/mol. The highest BCUT2D eigenvalue weighted by molar-refractivity contribution is 5.67. The van der Waals surface area contributed by atoms with Crippen molar-refractivity contribution in [1.82, 2.24) is 9.80 Å². The maximum atomic E-state index is 12.7. The molecule has 5 nitrogen and oxygen atoms in total. The smallest absolute Gasteiger partial charge is 0.416 e. The summed E-state index contributed by atoms with van der Waals surface area (Å²) in [5, 5.41) is 0. The summed E-state index contributed by atoms with van der Waals surface area (Å²) in [5.41, 5.74) is -0.458. The van der Waals surface area contributed by atoms with Gasteiger partial charge in [-0.1, -0.05) is 12.1 Å². The maximum Gasteiger partial charge on any atom is 0.416 e. The fraction of sp³-hybridized carbons (Fsp3) is 0.529. The molecule has 1 aliphatic heterocycles.